The molecule has 19 heavy (non-hydrogen) atoms. The Labute approximate surface area is 114 Å². The molecular weight excluding hydrogens is 244 g/mol. The lowest BCUT2D eigenvalue weighted by Crippen LogP contribution is -2.46. The van der Waals surface area contributed by atoms with Crippen molar-refractivity contribution in [2.24, 2.45) is 5.92 Å². The molecule has 1 aliphatic heterocycles. The average Bonchev–Trinajstić information content (AvgIpc) is 2.39. The first-order valence-electron chi connectivity index (χ1n) is 7.14. The highest BCUT2D eigenvalue weighted by atomic mass is 16.6. The first-order valence-corrected chi connectivity index (χ1v) is 7.14. The van der Waals surface area contributed by atoms with E-state index in [0.717, 1.165) is 25.7 Å². The Morgan fingerprint density at radius 3 is 2.53 bits per heavy atom. The molecule has 0 fully saturated rings. The number of ether oxygens (including phenoxy) is 1. The van der Waals surface area contributed by atoms with Gasteiger partial charge in [0, 0.05) is 12.5 Å². The number of carbonyl (C=O) groups excluding carboxylic acids is 2. The Balaban J connectivity index is 2.99. The van der Waals surface area contributed by atoms with Gasteiger partial charge in [0.1, 0.15) is 11.7 Å². The molecule has 0 aliphatic carbocycles. The summed E-state index contributed by atoms with van der Waals surface area (Å²) in [6, 6.07) is 0. The van der Waals surface area contributed by atoms with Gasteiger partial charge in [-0.1, -0.05) is 26.7 Å². The van der Waals surface area contributed by atoms with E-state index in [-0.39, 0.29) is 11.5 Å². The van der Waals surface area contributed by atoms with Gasteiger partial charge >= 0.3 is 5.97 Å². The van der Waals surface area contributed by atoms with Gasteiger partial charge in [-0.3, -0.25) is 9.59 Å². The number of Topliss-reactive ketones (excluding diaryl/α,β-unsaturated/α-hetero) is 1. The van der Waals surface area contributed by atoms with Gasteiger partial charge in [-0.05, 0) is 26.2 Å². The molecule has 108 valence electrons. The Morgan fingerprint density at radius 2 is 2.00 bits per heavy atom. The number of ketones is 1. The molecule has 0 saturated carbocycles. The van der Waals surface area contributed by atoms with E-state index in [4.69, 9.17) is 4.74 Å². The van der Waals surface area contributed by atoms with Crippen molar-refractivity contribution in [3.8, 4) is 0 Å². The van der Waals surface area contributed by atoms with E-state index in [0.29, 0.717) is 12.8 Å². The molecule has 1 rings (SSSR count). The normalized spacial score (nSPS) is 26.8. The van der Waals surface area contributed by atoms with E-state index >= 15 is 0 Å². The van der Waals surface area contributed by atoms with Crippen LogP contribution in [0.5, 0.6) is 0 Å². The predicted molar refractivity (Wildman–Crippen MR) is 72.8 cm³/mol. The molecule has 0 saturated heterocycles. The number of aliphatic hydroxyl groups is 1. The quantitative estimate of drug-likeness (QED) is 0.719. The van der Waals surface area contributed by atoms with Gasteiger partial charge in [-0.25, -0.2) is 0 Å². The van der Waals surface area contributed by atoms with Crippen molar-refractivity contribution < 1.29 is 19.4 Å². The molecule has 0 bridgehead atoms. The van der Waals surface area contributed by atoms with Gasteiger partial charge in [-0.2, -0.15) is 0 Å². The van der Waals surface area contributed by atoms with Crippen LogP contribution in [0.15, 0.2) is 11.8 Å². The molecule has 0 amide bonds. The number of aliphatic hydroxyl groups excluding tert-OH is 1. The van der Waals surface area contributed by atoms with Crippen LogP contribution >= 0.6 is 0 Å². The number of unbranched alkanes of at least 4 members (excludes halogenated alkanes) is 2. The lowest BCUT2D eigenvalue weighted by atomic mass is 9.85. The molecule has 2 unspecified atom stereocenters. The van der Waals surface area contributed by atoms with E-state index in [9.17, 15) is 14.7 Å². The smallest absolute Gasteiger partial charge is 0.317 e. The maximum absolute atomic E-state index is 12.3. The van der Waals surface area contributed by atoms with Crippen molar-refractivity contribution in [3.05, 3.63) is 11.8 Å². The van der Waals surface area contributed by atoms with E-state index in [1.165, 1.54) is 6.08 Å². The molecule has 0 aromatic rings. The molecule has 1 N–H and O–H groups in total. The van der Waals surface area contributed by atoms with Crippen molar-refractivity contribution in [2.75, 3.05) is 0 Å². The Bertz CT molecular complexity index is 372. The zero-order chi connectivity index (χ0) is 14.5. The van der Waals surface area contributed by atoms with Crippen LogP contribution in [0.25, 0.3) is 0 Å². The molecule has 4 heteroatoms. The summed E-state index contributed by atoms with van der Waals surface area (Å²) in [7, 11) is 0. The van der Waals surface area contributed by atoms with E-state index < -0.39 is 17.5 Å². The minimum absolute atomic E-state index is 0.0443. The molecule has 0 spiro atoms. The molecule has 1 aliphatic rings. The lowest BCUT2D eigenvalue weighted by Gasteiger charge is -2.34. The second-order valence-corrected chi connectivity index (χ2v) is 5.23. The highest BCUT2D eigenvalue weighted by Gasteiger charge is 2.44. The van der Waals surface area contributed by atoms with Gasteiger partial charge in [0.25, 0.3) is 0 Å². The summed E-state index contributed by atoms with van der Waals surface area (Å²) in [5.41, 5.74) is -1.24. The van der Waals surface area contributed by atoms with Crippen LogP contribution in [0.4, 0.5) is 0 Å². The number of carbonyl (C=O) groups is 2. The van der Waals surface area contributed by atoms with Gasteiger partial charge in [0.15, 0.2) is 11.4 Å². The minimum Gasteiger partial charge on any atom is -0.512 e. The van der Waals surface area contributed by atoms with Crippen LogP contribution in [-0.2, 0) is 14.3 Å². The summed E-state index contributed by atoms with van der Waals surface area (Å²) in [4.78, 5) is 24.1. The number of cyclic esters (lactones) is 1. The summed E-state index contributed by atoms with van der Waals surface area (Å²) in [5.74, 6) is -1.33. The number of rotatable bonds is 7. The van der Waals surface area contributed by atoms with E-state index in [2.05, 4.69) is 0 Å². The first kappa shape index (κ1) is 15.7. The molecule has 1 heterocycles. The number of esters is 1. The van der Waals surface area contributed by atoms with Crippen molar-refractivity contribution in [2.45, 2.75) is 64.9 Å². The van der Waals surface area contributed by atoms with Gasteiger partial charge in [0.2, 0.25) is 0 Å². The Morgan fingerprint density at radius 1 is 1.37 bits per heavy atom. The molecule has 0 radical (unpaired) electrons. The zero-order valence-corrected chi connectivity index (χ0v) is 12.1. The summed E-state index contributed by atoms with van der Waals surface area (Å²) >= 11 is 0. The van der Waals surface area contributed by atoms with Crippen LogP contribution in [-0.4, -0.2) is 22.5 Å². The summed E-state index contributed by atoms with van der Waals surface area (Å²) < 4.78 is 5.39. The van der Waals surface area contributed by atoms with Gasteiger partial charge < -0.3 is 9.84 Å². The maximum atomic E-state index is 12.3. The first-order chi connectivity index (χ1) is 8.96. The SMILES string of the molecule is CCCCC(=O)C1(CCCC)C=C(O)C(C)C(=O)O1. The van der Waals surface area contributed by atoms with Crippen molar-refractivity contribution in [1.29, 1.82) is 0 Å². The third kappa shape index (κ3) is 3.58. The number of hydrogen-bond acceptors (Lipinski definition) is 4. The number of hydrogen-bond donors (Lipinski definition) is 1. The maximum Gasteiger partial charge on any atom is 0.317 e. The molecule has 0 aromatic heterocycles. The van der Waals surface area contributed by atoms with Crippen LogP contribution in [0.2, 0.25) is 0 Å². The predicted octanol–water partition coefficient (Wildman–Crippen LogP) is 3.31. The Kier molecular flexibility index (Phi) is 5.58. The van der Waals surface area contributed by atoms with E-state index in [1.807, 2.05) is 13.8 Å². The summed E-state index contributed by atoms with van der Waals surface area (Å²) in [5, 5.41) is 9.87. The van der Waals surface area contributed by atoms with Crippen LogP contribution in [0.1, 0.15) is 59.3 Å². The van der Waals surface area contributed by atoms with Gasteiger partial charge in [0.05, 0.1) is 0 Å². The minimum atomic E-state index is -1.24. The standard InChI is InChI=1S/C15H24O4/c1-4-6-8-13(17)15(9-7-5-2)10-12(16)11(3)14(18)19-15/h10-11,16H,4-9H2,1-3H3. The zero-order valence-electron chi connectivity index (χ0n) is 12.1. The van der Waals surface area contributed by atoms with Gasteiger partial charge in [-0.15, -0.1) is 0 Å². The largest absolute Gasteiger partial charge is 0.512 e. The fraction of sp³-hybridized carbons (Fsp3) is 0.733. The third-order valence-corrected chi connectivity index (χ3v) is 3.59. The highest BCUT2D eigenvalue weighted by molar-refractivity contribution is 5.93. The Hall–Kier alpha value is -1.32. The molecule has 2 atom stereocenters. The van der Waals surface area contributed by atoms with Crippen molar-refractivity contribution in [3.63, 3.8) is 0 Å². The third-order valence-electron chi connectivity index (χ3n) is 3.59. The topological polar surface area (TPSA) is 63.6 Å². The fourth-order valence-corrected chi connectivity index (χ4v) is 2.17. The summed E-state index contributed by atoms with van der Waals surface area (Å²) in [6.07, 6.45) is 5.66. The van der Waals surface area contributed by atoms with Crippen LogP contribution < -0.4 is 0 Å². The van der Waals surface area contributed by atoms with Crippen LogP contribution in [0, 0.1) is 5.92 Å². The molecule has 0 aromatic carbocycles. The lowest BCUT2D eigenvalue weighted by molar-refractivity contribution is -0.169. The van der Waals surface area contributed by atoms with E-state index in [1.54, 1.807) is 6.92 Å². The second kappa shape index (κ2) is 6.73. The molecule has 4 nitrogen and oxygen atoms in total. The average molecular weight is 268 g/mol. The summed E-state index contributed by atoms with van der Waals surface area (Å²) in [6.45, 7) is 5.60. The molecular formula is C15H24O4. The van der Waals surface area contributed by atoms with Crippen LogP contribution in [0.3, 0.4) is 0 Å². The van der Waals surface area contributed by atoms with Crippen molar-refractivity contribution in [1.82, 2.24) is 0 Å². The van der Waals surface area contributed by atoms with Crippen molar-refractivity contribution >= 4 is 11.8 Å². The fourth-order valence-electron chi connectivity index (χ4n) is 2.17. The monoisotopic (exact) mass is 268 g/mol. The second-order valence-electron chi connectivity index (χ2n) is 5.23. The highest BCUT2D eigenvalue weighted by Crippen LogP contribution is 2.33.